The Hall–Kier alpha value is -2.60. The van der Waals surface area contributed by atoms with Crippen LogP contribution in [0.25, 0.3) is 11.5 Å². The number of nitrogens with zero attached hydrogens (tertiary/aromatic N) is 2. The van der Waals surface area contributed by atoms with Crippen molar-refractivity contribution in [1.29, 1.82) is 0 Å². The highest BCUT2D eigenvalue weighted by molar-refractivity contribution is 8.00. The molecule has 0 saturated heterocycles. The van der Waals surface area contributed by atoms with Crippen molar-refractivity contribution in [3.05, 3.63) is 60.2 Å². The Bertz CT molecular complexity index is 833. The molecule has 0 unspecified atom stereocenters. The van der Waals surface area contributed by atoms with Crippen LogP contribution in [0.1, 0.15) is 12.5 Å². The van der Waals surface area contributed by atoms with Crippen LogP contribution in [0, 0.1) is 6.92 Å². The second-order valence-corrected chi connectivity index (χ2v) is 6.65. The molecule has 6 heteroatoms. The lowest BCUT2D eigenvalue weighted by Gasteiger charge is -2.09. The van der Waals surface area contributed by atoms with Gasteiger partial charge >= 0.3 is 0 Å². The normalized spacial score (nSPS) is 11.9. The van der Waals surface area contributed by atoms with Gasteiger partial charge in [0, 0.05) is 11.3 Å². The SMILES string of the molecule is Cc1cccc(-c2nnc(S[C@H](C)C(=O)Nc3ccccc3)o2)c1. The molecule has 0 aliphatic rings. The predicted octanol–water partition coefficient (Wildman–Crippen LogP) is 4.16. The third-order valence-corrected chi connectivity index (χ3v) is 4.29. The van der Waals surface area contributed by atoms with Crippen LogP contribution in [0.5, 0.6) is 0 Å². The number of aryl methyl sites for hydroxylation is 1. The molecule has 3 rings (SSSR count). The number of hydrogen-bond donors (Lipinski definition) is 1. The topological polar surface area (TPSA) is 68.0 Å². The van der Waals surface area contributed by atoms with E-state index in [-0.39, 0.29) is 11.2 Å². The number of benzene rings is 2. The fourth-order valence-corrected chi connectivity index (χ4v) is 2.81. The van der Waals surface area contributed by atoms with Gasteiger partial charge in [0.25, 0.3) is 5.22 Å². The maximum atomic E-state index is 12.2. The Kier molecular flexibility index (Phi) is 4.96. The Labute approximate surface area is 144 Å². The molecule has 1 aromatic heterocycles. The second kappa shape index (κ2) is 7.31. The number of thioether (sulfide) groups is 1. The zero-order valence-electron chi connectivity index (χ0n) is 13.4. The number of carbonyl (C=O) groups excluding carboxylic acids is 1. The monoisotopic (exact) mass is 339 g/mol. The summed E-state index contributed by atoms with van der Waals surface area (Å²) in [7, 11) is 0. The Morgan fingerprint density at radius 3 is 2.67 bits per heavy atom. The van der Waals surface area contributed by atoms with Gasteiger partial charge in [-0.25, -0.2) is 0 Å². The van der Waals surface area contributed by atoms with Crippen LogP contribution in [0.3, 0.4) is 0 Å². The predicted molar refractivity (Wildman–Crippen MR) is 94.9 cm³/mol. The van der Waals surface area contributed by atoms with Gasteiger partial charge in [0.15, 0.2) is 0 Å². The van der Waals surface area contributed by atoms with Crippen molar-refractivity contribution in [2.75, 3.05) is 5.32 Å². The van der Waals surface area contributed by atoms with Gasteiger partial charge in [-0.3, -0.25) is 4.79 Å². The van der Waals surface area contributed by atoms with E-state index in [1.54, 1.807) is 6.92 Å². The van der Waals surface area contributed by atoms with Crippen LogP contribution in [0.2, 0.25) is 0 Å². The van der Waals surface area contributed by atoms with Gasteiger partial charge in [-0.15, -0.1) is 10.2 Å². The molecular weight excluding hydrogens is 322 g/mol. The number of anilines is 1. The largest absolute Gasteiger partial charge is 0.411 e. The summed E-state index contributed by atoms with van der Waals surface area (Å²) in [6.45, 7) is 3.81. The van der Waals surface area contributed by atoms with E-state index in [1.807, 2.05) is 61.5 Å². The minimum absolute atomic E-state index is 0.110. The van der Waals surface area contributed by atoms with E-state index in [9.17, 15) is 4.79 Å². The highest BCUT2D eigenvalue weighted by atomic mass is 32.2. The summed E-state index contributed by atoms with van der Waals surface area (Å²) in [4.78, 5) is 12.2. The minimum Gasteiger partial charge on any atom is -0.411 e. The molecule has 122 valence electrons. The van der Waals surface area contributed by atoms with E-state index in [0.29, 0.717) is 11.1 Å². The number of rotatable bonds is 5. The van der Waals surface area contributed by atoms with E-state index in [0.717, 1.165) is 16.8 Å². The smallest absolute Gasteiger partial charge is 0.277 e. The van der Waals surface area contributed by atoms with Crippen LogP contribution < -0.4 is 5.32 Å². The molecule has 0 spiro atoms. The fourth-order valence-electron chi connectivity index (χ4n) is 2.12. The zero-order valence-corrected chi connectivity index (χ0v) is 14.2. The Morgan fingerprint density at radius 2 is 1.92 bits per heavy atom. The number of amides is 1. The standard InChI is InChI=1S/C18H17N3O2S/c1-12-7-6-8-14(11-12)17-20-21-18(23-17)24-13(2)16(22)19-15-9-4-3-5-10-15/h3-11,13H,1-2H3,(H,19,22)/t13-/m1/s1. The lowest BCUT2D eigenvalue weighted by atomic mass is 10.1. The molecule has 1 heterocycles. The van der Waals surface area contributed by atoms with Crippen molar-refractivity contribution in [3.63, 3.8) is 0 Å². The van der Waals surface area contributed by atoms with Gasteiger partial charge < -0.3 is 9.73 Å². The zero-order chi connectivity index (χ0) is 16.9. The second-order valence-electron chi connectivity index (χ2n) is 5.36. The van der Waals surface area contributed by atoms with Crippen molar-refractivity contribution < 1.29 is 9.21 Å². The van der Waals surface area contributed by atoms with E-state index in [2.05, 4.69) is 15.5 Å². The van der Waals surface area contributed by atoms with E-state index >= 15 is 0 Å². The first-order valence-corrected chi connectivity index (χ1v) is 8.43. The van der Waals surface area contributed by atoms with Gasteiger partial charge in [0.05, 0.1) is 5.25 Å². The van der Waals surface area contributed by atoms with Crippen LogP contribution in [0.4, 0.5) is 5.69 Å². The average molecular weight is 339 g/mol. The minimum atomic E-state index is -0.351. The summed E-state index contributed by atoms with van der Waals surface area (Å²) >= 11 is 1.24. The molecule has 5 nitrogen and oxygen atoms in total. The van der Waals surface area contributed by atoms with Gasteiger partial charge in [-0.1, -0.05) is 47.7 Å². The van der Waals surface area contributed by atoms with E-state index in [4.69, 9.17) is 4.42 Å². The van der Waals surface area contributed by atoms with Crippen molar-refractivity contribution >= 4 is 23.4 Å². The van der Waals surface area contributed by atoms with E-state index in [1.165, 1.54) is 11.8 Å². The number of para-hydroxylation sites is 1. The first-order valence-electron chi connectivity index (χ1n) is 7.55. The van der Waals surface area contributed by atoms with Crippen molar-refractivity contribution in [1.82, 2.24) is 10.2 Å². The molecule has 24 heavy (non-hydrogen) atoms. The molecule has 0 radical (unpaired) electrons. The molecule has 0 fully saturated rings. The third kappa shape index (κ3) is 4.02. The van der Waals surface area contributed by atoms with Crippen LogP contribution in [-0.2, 0) is 4.79 Å². The summed E-state index contributed by atoms with van der Waals surface area (Å²) < 4.78 is 5.66. The molecule has 0 aliphatic carbocycles. The molecule has 0 aliphatic heterocycles. The third-order valence-electron chi connectivity index (χ3n) is 3.36. The molecule has 3 aromatic rings. The number of carbonyl (C=O) groups is 1. The summed E-state index contributed by atoms with van der Waals surface area (Å²) in [6.07, 6.45) is 0. The molecule has 2 aromatic carbocycles. The molecule has 0 saturated carbocycles. The molecule has 1 amide bonds. The van der Waals surface area contributed by atoms with Gasteiger partial charge in [-0.2, -0.15) is 0 Å². The highest BCUT2D eigenvalue weighted by Gasteiger charge is 2.18. The molecule has 0 bridgehead atoms. The van der Waals surface area contributed by atoms with E-state index < -0.39 is 0 Å². The van der Waals surface area contributed by atoms with Crippen molar-refractivity contribution in [2.24, 2.45) is 0 Å². The van der Waals surface area contributed by atoms with Crippen molar-refractivity contribution in [2.45, 2.75) is 24.3 Å². The Morgan fingerprint density at radius 1 is 1.12 bits per heavy atom. The maximum absolute atomic E-state index is 12.2. The first-order chi connectivity index (χ1) is 11.6. The molecule has 1 atom stereocenters. The van der Waals surface area contributed by atoms with Crippen molar-refractivity contribution in [3.8, 4) is 11.5 Å². The van der Waals surface area contributed by atoms with Gasteiger partial charge in [0.1, 0.15) is 0 Å². The first kappa shape index (κ1) is 16.3. The van der Waals surface area contributed by atoms with Crippen LogP contribution >= 0.6 is 11.8 Å². The molecule has 1 N–H and O–H groups in total. The summed E-state index contributed by atoms with van der Waals surface area (Å²) in [5.74, 6) is 0.346. The fraction of sp³-hybridized carbons (Fsp3) is 0.167. The lowest BCUT2D eigenvalue weighted by Crippen LogP contribution is -2.22. The maximum Gasteiger partial charge on any atom is 0.277 e. The summed E-state index contributed by atoms with van der Waals surface area (Å²) in [5.41, 5.74) is 2.76. The average Bonchev–Trinajstić information content (AvgIpc) is 3.04. The quantitative estimate of drug-likeness (QED) is 0.707. The number of nitrogens with one attached hydrogen (secondary N) is 1. The number of hydrogen-bond acceptors (Lipinski definition) is 5. The van der Waals surface area contributed by atoms with Crippen LogP contribution in [0.15, 0.2) is 64.2 Å². The Balaban J connectivity index is 1.65. The summed E-state index contributed by atoms with van der Waals surface area (Å²) in [5, 5.41) is 11.0. The highest BCUT2D eigenvalue weighted by Crippen LogP contribution is 2.27. The van der Waals surface area contributed by atoms with Gasteiger partial charge in [0.2, 0.25) is 11.8 Å². The molecular formula is C18H17N3O2S. The lowest BCUT2D eigenvalue weighted by molar-refractivity contribution is -0.115. The number of aromatic nitrogens is 2. The summed E-state index contributed by atoms with van der Waals surface area (Å²) in [6, 6.07) is 17.2. The van der Waals surface area contributed by atoms with Crippen LogP contribution in [-0.4, -0.2) is 21.4 Å². The van der Waals surface area contributed by atoms with Gasteiger partial charge in [-0.05, 0) is 38.1 Å².